The Kier molecular flexibility index (Phi) is 6.14. The lowest BCUT2D eigenvalue weighted by molar-refractivity contribution is 0.00797. The van der Waals surface area contributed by atoms with Gasteiger partial charge in [0.2, 0.25) is 0 Å². The maximum Gasteiger partial charge on any atom is 0.410 e. The zero-order valence-electron chi connectivity index (χ0n) is 20.8. The number of β-amino-alcohol motifs (C(OH)–C–C–N with tert-alkyl or cyclic N) is 1. The summed E-state index contributed by atoms with van der Waals surface area (Å²) in [7, 11) is 0. The SMILES string of the molecule is CC(C)(C)OC(=O)N1Cc2nn(C(c3ccccc3)(c3ccccc3)c3ccccc3)cc2C(O)C1. The molecule has 1 unspecified atom stereocenters. The number of aliphatic hydroxyl groups excluding tert-OH is 1. The molecule has 6 nitrogen and oxygen atoms in total. The molecule has 1 amide bonds. The van der Waals surface area contributed by atoms with Gasteiger partial charge in [0.05, 0.1) is 18.8 Å². The van der Waals surface area contributed by atoms with Crippen LogP contribution in [0.15, 0.2) is 97.2 Å². The van der Waals surface area contributed by atoms with Crippen molar-refractivity contribution in [1.82, 2.24) is 14.7 Å². The van der Waals surface area contributed by atoms with Gasteiger partial charge in [0.25, 0.3) is 0 Å². The number of amides is 1. The Labute approximate surface area is 211 Å². The summed E-state index contributed by atoms with van der Waals surface area (Å²) >= 11 is 0. The number of aliphatic hydroxyl groups is 1. The van der Waals surface area contributed by atoms with Crippen molar-refractivity contribution in [3.8, 4) is 0 Å². The average Bonchev–Trinajstić information content (AvgIpc) is 3.31. The van der Waals surface area contributed by atoms with E-state index in [4.69, 9.17) is 9.84 Å². The second kappa shape index (κ2) is 9.28. The third-order valence-corrected chi connectivity index (χ3v) is 6.49. The molecule has 184 valence electrons. The van der Waals surface area contributed by atoms with Gasteiger partial charge in [-0.2, -0.15) is 5.10 Å². The van der Waals surface area contributed by atoms with Crippen LogP contribution in [0.2, 0.25) is 0 Å². The molecule has 0 saturated heterocycles. The molecule has 0 saturated carbocycles. The van der Waals surface area contributed by atoms with Gasteiger partial charge in [0.15, 0.2) is 0 Å². The van der Waals surface area contributed by atoms with Crippen LogP contribution in [0.4, 0.5) is 4.79 Å². The van der Waals surface area contributed by atoms with E-state index in [-0.39, 0.29) is 13.1 Å². The largest absolute Gasteiger partial charge is 0.444 e. The van der Waals surface area contributed by atoms with Gasteiger partial charge < -0.3 is 9.84 Å². The summed E-state index contributed by atoms with van der Waals surface area (Å²) in [6, 6.07) is 30.8. The van der Waals surface area contributed by atoms with Crippen LogP contribution in [0.5, 0.6) is 0 Å². The molecule has 0 fully saturated rings. The second-order valence-corrected chi connectivity index (χ2v) is 10.2. The molecule has 36 heavy (non-hydrogen) atoms. The van der Waals surface area contributed by atoms with E-state index in [1.165, 1.54) is 4.90 Å². The van der Waals surface area contributed by atoms with Crippen molar-refractivity contribution in [3.63, 3.8) is 0 Å². The van der Waals surface area contributed by atoms with Crippen LogP contribution in [-0.4, -0.2) is 38.0 Å². The van der Waals surface area contributed by atoms with Gasteiger partial charge in [-0.1, -0.05) is 91.0 Å². The Hall–Kier alpha value is -3.90. The van der Waals surface area contributed by atoms with Gasteiger partial charge in [-0.3, -0.25) is 9.58 Å². The van der Waals surface area contributed by atoms with Crippen LogP contribution in [0.3, 0.4) is 0 Å². The summed E-state index contributed by atoms with van der Waals surface area (Å²) in [5.74, 6) is 0. The first-order valence-corrected chi connectivity index (χ1v) is 12.2. The van der Waals surface area contributed by atoms with E-state index in [0.717, 1.165) is 22.3 Å². The number of ether oxygens (including phenoxy) is 1. The normalized spacial score (nSPS) is 15.9. The maximum atomic E-state index is 12.8. The highest BCUT2D eigenvalue weighted by atomic mass is 16.6. The van der Waals surface area contributed by atoms with E-state index in [1.807, 2.05) is 86.2 Å². The van der Waals surface area contributed by atoms with Crippen LogP contribution < -0.4 is 0 Å². The average molecular weight is 482 g/mol. The van der Waals surface area contributed by atoms with E-state index in [0.29, 0.717) is 5.69 Å². The van der Waals surface area contributed by atoms with Crippen LogP contribution in [0.1, 0.15) is 54.8 Å². The zero-order chi connectivity index (χ0) is 25.3. The molecule has 5 rings (SSSR count). The van der Waals surface area contributed by atoms with Gasteiger partial charge in [-0.15, -0.1) is 0 Å². The number of hydrogen-bond donors (Lipinski definition) is 1. The fraction of sp³-hybridized carbons (Fsp3) is 0.267. The molecule has 0 bridgehead atoms. The van der Waals surface area contributed by atoms with Gasteiger partial charge >= 0.3 is 6.09 Å². The van der Waals surface area contributed by atoms with Crippen molar-refractivity contribution in [2.75, 3.05) is 6.54 Å². The summed E-state index contributed by atoms with van der Waals surface area (Å²) in [5, 5.41) is 16.1. The number of nitrogens with zero attached hydrogens (tertiary/aromatic N) is 3. The Morgan fingerprint density at radius 2 is 1.33 bits per heavy atom. The predicted molar refractivity (Wildman–Crippen MR) is 138 cm³/mol. The Morgan fingerprint density at radius 1 is 0.861 bits per heavy atom. The van der Waals surface area contributed by atoms with E-state index < -0.39 is 23.3 Å². The van der Waals surface area contributed by atoms with Crippen LogP contribution in [0, 0.1) is 0 Å². The predicted octanol–water partition coefficient (Wildman–Crippen LogP) is 5.51. The molecule has 2 heterocycles. The van der Waals surface area contributed by atoms with Crippen molar-refractivity contribution >= 4 is 6.09 Å². The van der Waals surface area contributed by atoms with E-state index in [9.17, 15) is 9.90 Å². The molecule has 0 radical (unpaired) electrons. The lowest BCUT2D eigenvalue weighted by atomic mass is 9.77. The first-order chi connectivity index (χ1) is 17.3. The number of carbonyl (C=O) groups is 1. The van der Waals surface area contributed by atoms with E-state index in [1.54, 1.807) is 0 Å². The first kappa shape index (κ1) is 23.8. The summed E-state index contributed by atoms with van der Waals surface area (Å²) < 4.78 is 7.51. The van der Waals surface area contributed by atoms with Crippen molar-refractivity contribution in [2.24, 2.45) is 0 Å². The fourth-order valence-electron chi connectivity index (χ4n) is 4.95. The molecule has 0 aliphatic carbocycles. The third-order valence-electron chi connectivity index (χ3n) is 6.49. The summed E-state index contributed by atoms with van der Waals surface area (Å²) in [6.07, 6.45) is 0.608. The van der Waals surface area contributed by atoms with Crippen molar-refractivity contribution in [2.45, 2.75) is 44.6 Å². The molecule has 0 spiro atoms. The number of aromatic nitrogens is 2. The van der Waals surface area contributed by atoms with E-state index >= 15 is 0 Å². The Bertz CT molecular complexity index is 1230. The number of hydrogen-bond acceptors (Lipinski definition) is 4. The van der Waals surface area contributed by atoms with Crippen LogP contribution in [0.25, 0.3) is 0 Å². The summed E-state index contributed by atoms with van der Waals surface area (Å²) in [6.45, 7) is 5.92. The fourth-order valence-corrected chi connectivity index (χ4v) is 4.95. The quantitative estimate of drug-likeness (QED) is 0.391. The van der Waals surface area contributed by atoms with Gasteiger partial charge in [0.1, 0.15) is 17.2 Å². The second-order valence-electron chi connectivity index (χ2n) is 10.2. The highest BCUT2D eigenvalue weighted by Gasteiger charge is 2.41. The first-order valence-electron chi connectivity index (χ1n) is 12.2. The molecule has 1 N–H and O–H groups in total. The number of rotatable bonds is 4. The van der Waals surface area contributed by atoms with Gasteiger partial charge in [-0.25, -0.2) is 4.79 Å². The summed E-state index contributed by atoms with van der Waals surface area (Å²) in [5.41, 5.74) is 3.11. The molecule has 1 aromatic heterocycles. The molecule has 1 atom stereocenters. The molecule has 4 aromatic rings. The molecule has 1 aliphatic rings. The monoisotopic (exact) mass is 481 g/mol. The minimum absolute atomic E-state index is 0.155. The topological polar surface area (TPSA) is 67.6 Å². The lowest BCUT2D eigenvalue weighted by Gasteiger charge is -2.36. The smallest absolute Gasteiger partial charge is 0.410 e. The Balaban J connectivity index is 1.69. The van der Waals surface area contributed by atoms with Crippen molar-refractivity contribution in [3.05, 3.63) is 125 Å². The van der Waals surface area contributed by atoms with Crippen molar-refractivity contribution < 1.29 is 14.6 Å². The highest BCUT2D eigenvalue weighted by Crippen LogP contribution is 2.41. The Morgan fingerprint density at radius 3 is 1.78 bits per heavy atom. The van der Waals surface area contributed by atoms with Crippen molar-refractivity contribution in [1.29, 1.82) is 0 Å². The highest BCUT2D eigenvalue weighted by molar-refractivity contribution is 5.68. The molecule has 3 aromatic carbocycles. The van der Waals surface area contributed by atoms with Crippen LogP contribution in [-0.2, 0) is 16.8 Å². The molecule has 6 heteroatoms. The van der Waals surface area contributed by atoms with Gasteiger partial charge in [-0.05, 0) is 37.5 Å². The maximum absolute atomic E-state index is 12.8. The lowest BCUT2D eigenvalue weighted by Crippen LogP contribution is -2.41. The van der Waals surface area contributed by atoms with Crippen LogP contribution >= 0.6 is 0 Å². The number of benzene rings is 3. The van der Waals surface area contributed by atoms with Gasteiger partial charge in [0, 0.05) is 11.8 Å². The third kappa shape index (κ3) is 4.29. The molecular formula is C30H31N3O3. The zero-order valence-corrected chi connectivity index (χ0v) is 20.8. The molecular weight excluding hydrogens is 450 g/mol. The summed E-state index contributed by atoms with van der Waals surface area (Å²) in [4.78, 5) is 14.3. The number of fused-ring (bicyclic) bond motifs is 1. The minimum Gasteiger partial charge on any atom is -0.444 e. The standard InChI is InChI=1S/C30H31N3O3/c1-29(2,3)36-28(35)32-20-26-25(27(34)21-32)19-33(31-26)30(22-13-7-4-8-14-22,23-15-9-5-10-16-23)24-17-11-6-12-18-24/h4-19,27,34H,20-21H2,1-3H3. The number of carbonyl (C=O) groups excluding carboxylic acids is 1. The van der Waals surface area contributed by atoms with E-state index in [2.05, 4.69) is 36.4 Å². The molecule has 1 aliphatic heterocycles. The minimum atomic E-state index is -0.866.